The second kappa shape index (κ2) is 10.0. The van der Waals surface area contributed by atoms with Crippen molar-refractivity contribution in [1.29, 1.82) is 0 Å². The van der Waals surface area contributed by atoms with Gasteiger partial charge >= 0.3 is 12.1 Å². The number of rotatable bonds is 5. The molecule has 1 aromatic heterocycles. The minimum Gasteiger partial charge on any atom is -0.487 e. The van der Waals surface area contributed by atoms with Crippen LogP contribution in [0.1, 0.15) is 40.0 Å². The van der Waals surface area contributed by atoms with Gasteiger partial charge in [-0.3, -0.25) is 0 Å². The van der Waals surface area contributed by atoms with Crippen LogP contribution in [0.3, 0.4) is 0 Å². The van der Waals surface area contributed by atoms with Crippen molar-refractivity contribution < 1.29 is 19.0 Å². The van der Waals surface area contributed by atoms with Gasteiger partial charge in [0.2, 0.25) is 0 Å². The molecule has 0 unspecified atom stereocenters. The fourth-order valence-corrected chi connectivity index (χ4v) is 5.06. The zero-order valence-electron chi connectivity index (χ0n) is 21.2. The van der Waals surface area contributed by atoms with Gasteiger partial charge in [-0.25, -0.2) is 4.79 Å². The van der Waals surface area contributed by atoms with E-state index < -0.39 is 5.60 Å². The summed E-state index contributed by atoms with van der Waals surface area (Å²) in [4.78, 5) is 28.4. The summed E-state index contributed by atoms with van der Waals surface area (Å²) in [6.45, 7) is 9.70. The number of anilines is 1. The van der Waals surface area contributed by atoms with E-state index in [4.69, 9.17) is 35.8 Å². The van der Waals surface area contributed by atoms with Crippen LogP contribution in [0.5, 0.6) is 11.8 Å². The van der Waals surface area contributed by atoms with Crippen molar-refractivity contribution in [2.45, 2.75) is 57.8 Å². The molecule has 0 spiro atoms. The quantitative estimate of drug-likeness (QED) is 0.501. The van der Waals surface area contributed by atoms with Crippen LogP contribution in [-0.4, -0.2) is 90.0 Å². The number of hydrogen-bond donors (Lipinski definition) is 0. The predicted molar refractivity (Wildman–Crippen MR) is 142 cm³/mol. The van der Waals surface area contributed by atoms with E-state index in [-0.39, 0.29) is 18.3 Å². The van der Waals surface area contributed by atoms with Crippen molar-refractivity contribution in [2.24, 2.45) is 0 Å². The summed E-state index contributed by atoms with van der Waals surface area (Å²) in [5, 5.41) is 1.35. The van der Waals surface area contributed by atoms with E-state index in [0.29, 0.717) is 53.0 Å². The van der Waals surface area contributed by atoms with Crippen LogP contribution < -0.4 is 14.4 Å². The summed E-state index contributed by atoms with van der Waals surface area (Å²) in [5.41, 5.74) is 0.152. The van der Waals surface area contributed by atoms with E-state index in [1.54, 1.807) is 4.90 Å². The van der Waals surface area contributed by atoms with Crippen molar-refractivity contribution in [3.63, 3.8) is 0 Å². The largest absolute Gasteiger partial charge is 0.487 e. The highest BCUT2D eigenvalue weighted by atomic mass is 79.9. The first kappa shape index (κ1) is 25.6. The Morgan fingerprint density at radius 3 is 2.39 bits per heavy atom. The Hall–Kier alpha value is -2.04. The molecule has 1 amide bonds. The van der Waals surface area contributed by atoms with Crippen LogP contribution in [0.15, 0.2) is 10.5 Å². The van der Waals surface area contributed by atoms with Gasteiger partial charge in [0.1, 0.15) is 23.0 Å². The Kier molecular flexibility index (Phi) is 7.13. The molecule has 2 aromatic rings. The number of benzene rings is 1. The van der Waals surface area contributed by atoms with Crippen LogP contribution in [0, 0.1) is 0 Å². The van der Waals surface area contributed by atoms with Gasteiger partial charge in [-0.1, -0.05) is 11.6 Å². The Balaban J connectivity index is 1.47. The van der Waals surface area contributed by atoms with Gasteiger partial charge in [0, 0.05) is 44.7 Å². The molecule has 1 atom stereocenters. The maximum absolute atomic E-state index is 12.6. The number of nitrogens with zero attached hydrogens (tertiary/aromatic N) is 5. The van der Waals surface area contributed by atoms with Crippen molar-refractivity contribution in [3.8, 4) is 11.8 Å². The van der Waals surface area contributed by atoms with Gasteiger partial charge in [-0.15, -0.1) is 0 Å². The molecule has 9 nitrogen and oxygen atoms in total. The Bertz CT molecular complexity index is 1150. The number of piperazine rings is 1. The number of carbonyl (C=O) groups excluding carboxylic acids is 1. The summed E-state index contributed by atoms with van der Waals surface area (Å²) in [7, 11) is 2.08. The number of halogens is 2. The first-order valence-corrected chi connectivity index (χ1v) is 13.7. The van der Waals surface area contributed by atoms with Crippen LogP contribution in [0.25, 0.3) is 10.9 Å². The minimum atomic E-state index is -0.528. The second-order valence-corrected chi connectivity index (χ2v) is 12.0. The van der Waals surface area contributed by atoms with Crippen LogP contribution >= 0.6 is 27.5 Å². The molecule has 3 fully saturated rings. The van der Waals surface area contributed by atoms with Gasteiger partial charge in [0.05, 0.1) is 15.6 Å². The minimum absolute atomic E-state index is 0.0351. The predicted octanol–water partition coefficient (Wildman–Crippen LogP) is 4.73. The lowest BCUT2D eigenvalue weighted by Gasteiger charge is -2.36. The SMILES string of the molecule is CN1CC[C@H](Oc2nc(N3CCN(C(=O)OC(C)(C)C)CC3)c3cc(Cl)c(Br)c(OC4CC4)c3n2)C1. The summed E-state index contributed by atoms with van der Waals surface area (Å²) in [6.07, 6.45) is 2.87. The summed E-state index contributed by atoms with van der Waals surface area (Å²) < 4.78 is 18.8. The van der Waals surface area contributed by atoms with Crippen molar-refractivity contribution >= 4 is 50.3 Å². The van der Waals surface area contributed by atoms with Crippen LogP contribution in [-0.2, 0) is 4.74 Å². The van der Waals surface area contributed by atoms with Crippen molar-refractivity contribution in [1.82, 2.24) is 19.8 Å². The summed E-state index contributed by atoms with van der Waals surface area (Å²) in [6, 6.07) is 2.21. The Morgan fingerprint density at radius 2 is 1.78 bits per heavy atom. The van der Waals surface area contributed by atoms with Crippen molar-refractivity contribution in [2.75, 3.05) is 51.2 Å². The zero-order valence-corrected chi connectivity index (χ0v) is 23.6. The summed E-state index contributed by atoms with van der Waals surface area (Å²) >= 11 is 10.2. The van der Waals surface area contributed by atoms with Gasteiger partial charge in [-0.2, -0.15) is 9.97 Å². The highest BCUT2D eigenvalue weighted by Gasteiger charge is 2.31. The van der Waals surface area contributed by atoms with Crippen molar-refractivity contribution in [3.05, 3.63) is 15.6 Å². The third kappa shape index (κ3) is 5.75. The normalized spacial score (nSPS) is 21.2. The second-order valence-electron chi connectivity index (χ2n) is 10.8. The standard InChI is InChI=1S/C25H33BrClN5O4/c1-25(2,3)36-24(33)32-11-9-31(10-12-32)22-17-13-18(27)19(26)21(34-15-5-6-15)20(17)28-23(29-22)35-16-7-8-30(4)14-16/h13,15-16H,5-12,14H2,1-4H3/t16-/m0/s1. The number of ether oxygens (including phenoxy) is 3. The van der Waals surface area contributed by atoms with Gasteiger partial charge in [0.15, 0.2) is 5.75 Å². The number of fused-ring (bicyclic) bond motifs is 1. The summed E-state index contributed by atoms with van der Waals surface area (Å²) in [5.74, 6) is 1.37. The van der Waals surface area contributed by atoms with E-state index in [1.807, 2.05) is 26.8 Å². The highest BCUT2D eigenvalue weighted by Crippen LogP contribution is 2.44. The number of aromatic nitrogens is 2. The first-order valence-electron chi connectivity index (χ1n) is 12.5. The monoisotopic (exact) mass is 581 g/mol. The maximum atomic E-state index is 12.6. The molecule has 11 heteroatoms. The van der Waals surface area contributed by atoms with E-state index in [1.165, 1.54) is 0 Å². The molecule has 1 aliphatic carbocycles. The molecule has 0 radical (unpaired) electrons. The molecule has 196 valence electrons. The molecular formula is C25H33BrClN5O4. The fourth-order valence-electron chi connectivity index (χ4n) is 4.47. The molecule has 3 aliphatic rings. The zero-order chi connectivity index (χ0) is 25.6. The highest BCUT2D eigenvalue weighted by molar-refractivity contribution is 9.10. The number of likely N-dealkylation sites (tertiary alicyclic amines) is 1. The fraction of sp³-hybridized carbons (Fsp3) is 0.640. The van der Waals surface area contributed by atoms with Crippen LogP contribution in [0.4, 0.5) is 10.6 Å². The lowest BCUT2D eigenvalue weighted by Crippen LogP contribution is -2.50. The average molecular weight is 583 g/mol. The molecule has 2 aliphatic heterocycles. The molecule has 0 N–H and O–H groups in total. The number of amides is 1. The lowest BCUT2D eigenvalue weighted by molar-refractivity contribution is 0.0240. The Labute approximate surface area is 225 Å². The number of likely N-dealkylation sites (N-methyl/N-ethyl adjacent to an activating group) is 1. The van der Waals surface area contributed by atoms with E-state index in [0.717, 1.165) is 43.6 Å². The molecule has 36 heavy (non-hydrogen) atoms. The van der Waals surface area contributed by atoms with E-state index in [2.05, 4.69) is 32.8 Å². The third-order valence-electron chi connectivity index (χ3n) is 6.46. The first-order chi connectivity index (χ1) is 17.1. The lowest BCUT2D eigenvalue weighted by atomic mass is 10.2. The molecule has 5 rings (SSSR count). The molecule has 2 saturated heterocycles. The number of hydrogen-bond acceptors (Lipinski definition) is 8. The topological polar surface area (TPSA) is 80.3 Å². The van der Waals surface area contributed by atoms with E-state index >= 15 is 0 Å². The van der Waals surface area contributed by atoms with Crippen LogP contribution in [0.2, 0.25) is 5.02 Å². The van der Waals surface area contributed by atoms with Gasteiger partial charge in [0.25, 0.3) is 0 Å². The Morgan fingerprint density at radius 1 is 1.06 bits per heavy atom. The van der Waals surface area contributed by atoms with Gasteiger partial charge in [-0.05, 0) is 69.1 Å². The maximum Gasteiger partial charge on any atom is 0.410 e. The molecule has 3 heterocycles. The molecule has 0 bridgehead atoms. The van der Waals surface area contributed by atoms with Gasteiger partial charge < -0.3 is 28.9 Å². The van der Waals surface area contributed by atoms with E-state index in [9.17, 15) is 4.79 Å². The third-order valence-corrected chi connectivity index (χ3v) is 7.77. The molecule has 1 saturated carbocycles. The molecule has 1 aromatic carbocycles. The smallest absolute Gasteiger partial charge is 0.410 e. The number of carbonyl (C=O) groups is 1. The average Bonchev–Trinajstić information content (AvgIpc) is 3.55. The molecular weight excluding hydrogens is 550 g/mol.